The van der Waals surface area contributed by atoms with Gasteiger partial charge in [-0.3, -0.25) is 4.79 Å². The summed E-state index contributed by atoms with van der Waals surface area (Å²) in [5, 5.41) is 3.62. The van der Waals surface area contributed by atoms with Crippen LogP contribution in [-0.4, -0.2) is 37.6 Å². The first-order valence-corrected chi connectivity index (χ1v) is 8.89. The number of nitrogens with one attached hydrogen (secondary N) is 1. The van der Waals surface area contributed by atoms with E-state index in [1.807, 2.05) is 25.1 Å². The van der Waals surface area contributed by atoms with Gasteiger partial charge in [0.05, 0.1) is 25.7 Å². The largest absolute Gasteiger partial charge is 0.466 e. The summed E-state index contributed by atoms with van der Waals surface area (Å²) in [6.45, 7) is 5.58. The number of carbonyl (C=O) groups is 1. The molecule has 1 saturated carbocycles. The lowest BCUT2D eigenvalue weighted by Crippen LogP contribution is -2.51. The predicted octanol–water partition coefficient (Wildman–Crippen LogP) is 2.81. The van der Waals surface area contributed by atoms with Crippen LogP contribution >= 0.6 is 0 Å². The zero-order chi connectivity index (χ0) is 17.0. The molecule has 1 unspecified atom stereocenters. The van der Waals surface area contributed by atoms with Gasteiger partial charge in [-0.15, -0.1) is 0 Å². The maximum Gasteiger partial charge on any atom is 0.310 e. The smallest absolute Gasteiger partial charge is 0.310 e. The summed E-state index contributed by atoms with van der Waals surface area (Å²) in [6.07, 6.45) is 2.20. The third-order valence-corrected chi connectivity index (χ3v) is 5.02. The molecule has 0 amide bonds. The van der Waals surface area contributed by atoms with Gasteiger partial charge < -0.3 is 19.5 Å². The van der Waals surface area contributed by atoms with Crippen molar-refractivity contribution >= 4 is 5.97 Å². The van der Waals surface area contributed by atoms with Gasteiger partial charge in [-0.2, -0.15) is 0 Å². The minimum Gasteiger partial charge on any atom is -0.466 e. The quantitative estimate of drug-likeness (QED) is 0.840. The summed E-state index contributed by atoms with van der Waals surface area (Å²) in [6, 6.07) is 10.5. The van der Waals surface area contributed by atoms with Crippen LogP contribution in [0.2, 0.25) is 0 Å². The van der Waals surface area contributed by atoms with Crippen molar-refractivity contribution in [2.75, 3.05) is 19.8 Å². The second-order valence-electron chi connectivity index (χ2n) is 6.61. The second kappa shape index (κ2) is 7.64. The Labute approximate surface area is 143 Å². The number of esters is 1. The first kappa shape index (κ1) is 17.4. The second-order valence-corrected chi connectivity index (χ2v) is 6.61. The van der Waals surface area contributed by atoms with Crippen LogP contribution in [0, 0.1) is 5.92 Å². The van der Waals surface area contributed by atoms with Gasteiger partial charge in [0.1, 0.15) is 0 Å². The summed E-state index contributed by atoms with van der Waals surface area (Å²) < 4.78 is 17.0. The van der Waals surface area contributed by atoms with Crippen LogP contribution in [0.25, 0.3) is 0 Å². The fourth-order valence-electron chi connectivity index (χ4n) is 3.77. The van der Waals surface area contributed by atoms with Crippen LogP contribution in [0.3, 0.4) is 0 Å². The highest BCUT2D eigenvalue weighted by atomic mass is 16.7. The standard InChI is InChI=1S/C19H27NO4/c1-3-22-18(21)16-13-19(23-11-12-24-19)10-9-17(16)20-14(2)15-7-5-4-6-8-15/h4-8,14,16-17,20H,3,9-13H2,1-2H3/t14?,16-,17+/m1/s1. The molecule has 2 aliphatic rings. The highest BCUT2D eigenvalue weighted by Crippen LogP contribution is 2.40. The molecule has 1 aromatic carbocycles. The zero-order valence-electron chi connectivity index (χ0n) is 14.5. The van der Waals surface area contributed by atoms with Crippen molar-refractivity contribution in [1.29, 1.82) is 0 Å². The maximum atomic E-state index is 12.5. The van der Waals surface area contributed by atoms with Crippen LogP contribution in [0.1, 0.15) is 44.7 Å². The molecule has 2 fully saturated rings. The van der Waals surface area contributed by atoms with E-state index in [-0.39, 0.29) is 24.0 Å². The van der Waals surface area contributed by atoms with Gasteiger partial charge in [-0.25, -0.2) is 0 Å². The fourth-order valence-corrected chi connectivity index (χ4v) is 3.77. The molecule has 1 aliphatic carbocycles. The van der Waals surface area contributed by atoms with E-state index in [1.54, 1.807) is 0 Å². The predicted molar refractivity (Wildman–Crippen MR) is 90.4 cm³/mol. The van der Waals surface area contributed by atoms with Gasteiger partial charge in [-0.05, 0) is 25.8 Å². The number of benzene rings is 1. The molecular formula is C19H27NO4. The molecule has 0 radical (unpaired) electrons. The summed E-state index contributed by atoms with van der Waals surface area (Å²) >= 11 is 0. The molecule has 3 atom stereocenters. The van der Waals surface area contributed by atoms with Crippen molar-refractivity contribution in [1.82, 2.24) is 5.32 Å². The molecule has 1 spiro atoms. The lowest BCUT2D eigenvalue weighted by Gasteiger charge is -2.41. The van der Waals surface area contributed by atoms with Crippen molar-refractivity contribution in [3.05, 3.63) is 35.9 Å². The highest BCUT2D eigenvalue weighted by molar-refractivity contribution is 5.73. The van der Waals surface area contributed by atoms with Gasteiger partial charge in [-0.1, -0.05) is 30.3 Å². The Morgan fingerprint density at radius 2 is 2.04 bits per heavy atom. The SMILES string of the molecule is CCOC(=O)[C@@H]1CC2(CC[C@@H]1NC(C)c1ccccc1)OCCO2. The minimum absolute atomic E-state index is 0.0673. The van der Waals surface area contributed by atoms with E-state index in [2.05, 4.69) is 24.4 Å². The van der Waals surface area contributed by atoms with Crippen molar-refractivity contribution < 1.29 is 19.0 Å². The van der Waals surface area contributed by atoms with Gasteiger partial charge in [0.15, 0.2) is 5.79 Å². The number of ether oxygens (including phenoxy) is 3. The van der Waals surface area contributed by atoms with E-state index in [0.29, 0.717) is 26.2 Å². The molecule has 3 rings (SSSR count). The molecule has 0 aromatic heterocycles. The van der Waals surface area contributed by atoms with Crippen LogP contribution in [0.15, 0.2) is 30.3 Å². The molecule has 5 heteroatoms. The highest BCUT2D eigenvalue weighted by Gasteiger charge is 2.48. The Morgan fingerprint density at radius 1 is 1.33 bits per heavy atom. The summed E-state index contributed by atoms with van der Waals surface area (Å²) in [7, 11) is 0. The molecule has 24 heavy (non-hydrogen) atoms. The Morgan fingerprint density at radius 3 is 2.71 bits per heavy atom. The molecule has 1 saturated heterocycles. The maximum absolute atomic E-state index is 12.5. The van der Waals surface area contributed by atoms with Crippen LogP contribution in [-0.2, 0) is 19.0 Å². The molecule has 1 heterocycles. The Balaban J connectivity index is 1.71. The van der Waals surface area contributed by atoms with E-state index in [0.717, 1.165) is 12.8 Å². The third-order valence-electron chi connectivity index (χ3n) is 5.02. The Kier molecular flexibility index (Phi) is 5.54. The number of hydrogen-bond acceptors (Lipinski definition) is 5. The fraction of sp³-hybridized carbons (Fsp3) is 0.632. The minimum atomic E-state index is -0.592. The van der Waals surface area contributed by atoms with Crippen molar-refractivity contribution in [2.24, 2.45) is 5.92 Å². The van der Waals surface area contributed by atoms with E-state index in [4.69, 9.17) is 14.2 Å². The van der Waals surface area contributed by atoms with Gasteiger partial charge in [0.2, 0.25) is 0 Å². The van der Waals surface area contributed by atoms with E-state index in [1.165, 1.54) is 5.56 Å². The average Bonchev–Trinajstić information content (AvgIpc) is 3.05. The molecule has 1 N–H and O–H groups in total. The van der Waals surface area contributed by atoms with Gasteiger partial charge >= 0.3 is 5.97 Å². The summed E-state index contributed by atoms with van der Waals surface area (Å²) in [5.41, 5.74) is 1.22. The Bertz CT molecular complexity index is 542. The number of hydrogen-bond donors (Lipinski definition) is 1. The van der Waals surface area contributed by atoms with Gasteiger partial charge in [0.25, 0.3) is 0 Å². The van der Waals surface area contributed by atoms with Crippen LogP contribution in [0.5, 0.6) is 0 Å². The van der Waals surface area contributed by atoms with E-state index in [9.17, 15) is 4.79 Å². The third kappa shape index (κ3) is 3.79. The van der Waals surface area contributed by atoms with E-state index < -0.39 is 5.79 Å². The topological polar surface area (TPSA) is 56.8 Å². The van der Waals surface area contributed by atoms with Gasteiger partial charge in [0, 0.05) is 24.9 Å². The summed E-state index contributed by atoms with van der Waals surface area (Å²) in [5.74, 6) is -0.998. The van der Waals surface area contributed by atoms with Crippen LogP contribution in [0.4, 0.5) is 0 Å². The first-order valence-electron chi connectivity index (χ1n) is 8.89. The van der Waals surface area contributed by atoms with Crippen LogP contribution < -0.4 is 5.32 Å². The molecule has 5 nitrogen and oxygen atoms in total. The zero-order valence-corrected chi connectivity index (χ0v) is 14.5. The van der Waals surface area contributed by atoms with Crippen molar-refractivity contribution in [3.63, 3.8) is 0 Å². The summed E-state index contributed by atoms with van der Waals surface area (Å²) in [4.78, 5) is 12.5. The monoisotopic (exact) mass is 333 g/mol. The molecule has 132 valence electrons. The van der Waals surface area contributed by atoms with Crippen molar-refractivity contribution in [2.45, 2.75) is 51.0 Å². The first-order chi connectivity index (χ1) is 11.6. The average molecular weight is 333 g/mol. The number of carbonyl (C=O) groups excluding carboxylic acids is 1. The molecule has 0 bridgehead atoms. The normalized spacial score (nSPS) is 27.1. The lowest BCUT2D eigenvalue weighted by molar-refractivity contribution is -0.199. The van der Waals surface area contributed by atoms with Crippen molar-refractivity contribution in [3.8, 4) is 0 Å². The molecular weight excluding hydrogens is 306 g/mol. The molecule has 1 aromatic rings. The number of rotatable bonds is 5. The van der Waals surface area contributed by atoms with E-state index >= 15 is 0 Å². The molecule has 1 aliphatic heterocycles. The lowest BCUT2D eigenvalue weighted by atomic mass is 9.80. The Hall–Kier alpha value is -1.43.